The maximum Gasteiger partial charge on any atom is 2.00 e. The maximum atomic E-state index is 12.4. The average Bonchev–Trinajstić information content (AvgIpc) is 3.37. The molecule has 0 saturated carbocycles. The zero-order chi connectivity index (χ0) is 56.3. The summed E-state index contributed by atoms with van der Waals surface area (Å²) in [6.07, 6.45) is 29.8. The fourth-order valence-electron chi connectivity index (χ4n) is 10.7. The van der Waals surface area contributed by atoms with Crippen molar-refractivity contribution in [2.24, 2.45) is 0 Å². The smallest absolute Gasteiger partial charge is 0.744 e. The van der Waals surface area contributed by atoms with Crippen LogP contribution in [0.15, 0.2) is 46.2 Å². The zero-order valence-electron chi connectivity index (χ0n) is 47.7. The Labute approximate surface area is 561 Å². The van der Waals surface area contributed by atoms with Crippen LogP contribution in [0.5, 0.6) is 0 Å². The summed E-state index contributed by atoms with van der Waals surface area (Å²) in [6.45, 7) is 8.58. The van der Waals surface area contributed by atoms with Gasteiger partial charge in [0, 0.05) is 22.3 Å². The van der Waals surface area contributed by atoms with Gasteiger partial charge in [-0.05, 0) is 95.2 Å². The molecule has 0 fully saturated rings. The van der Waals surface area contributed by atoms with E-state index in [2.05, 4.69) is 27.7 Å². The number of carboxylic acid groups (broad SMARTS) is 4. The molecule has 0 saturated heterocycles. The average molecular weight is 1210 g/mol. The van der Waals surface area contributed by atoms with Gasteiger partial charge in [0.1, 0.15) is 20.2 Å². The fraction of sp³-hybridized carbons (Fsp3) is 0.600. The standard InChI is InChI=1S/2C30H44O7S.3Ca/c2*1-3-5-7-9-11-13-15-18-22-19-17-21-23-25(22)24(20-16-14-12-10-8-6-4-2)28(38(35,36)37)27(30(33)34)26(23)29(31)32;;;/h2*17,19,21H,3-16,18,20H2,1-2H3,(H,31,32)(H,33,34)(H,35,36,37);;;/q;;3*+2/p-6. The Hall–Kier alpha value is -1.12. The van der Waals surface area contributed by atoms with Gasteiger partial charge in [-0.3, -0.25) is 0 Å². The van der Waals surface area contributed by atoms with Crippen molar-refractivity contribution in [1.82, 2.24) is 0 Å². The number of benzene rings is 4. The van der Waals surface area contributed by atoms with Gasteiger partial charge in [0.2, 0.25) is 0 Å². The van der Waals surface area contributed by atoms with E-state index in [1.165, 1.54) is 37.8 Å². The normalized spacial score (nSPS) is 11.3. The van der Waals surface area contributed by atoms with Crippen LogP contribution in [0.1, 0.15) is 271 Å². The van der Waals surface area contributed by atoms with Crippen molar-refractivity contribution in [3.8, 4) is 0 Å². The number of carbonyl (C=O) groups is 4. The van der Waals surface area contributed by atoms with Crippen LogP contribution < -0.4 is 20.4 Å². The van der Waals surface area contributed by atoms with Gasteiger partial charge >= 0.3 is 113 Å². The summed E-state index contributed by atoms with van der Waals surface area (Å²) >= 11 is 0. The van der Waals surface area contributed by atoms with Crippen LogP contribution in [0.25, 0.3) is 21.5 Å². The van der Waals surface area contributed by atoms with Crippen LogP contribution in [0.3, 0.4) is 0 Å². The maximum absolute atomic E-state index is 12.4. The van der Waals surface area contributed by atoms with E-state index in [4.69, 9.17) is 0 Å². The minimum atomic E-state index is -5.33. The molecule has 0 bridgehead atoms. The van der Waals surface area contributed by atoms with Crippen LogP contribution in [0, 0.1) is 0 Å². The van der Waals surface area contributed by atoms with Crippen molar-refractivity contribution in [3.05, 3.63) is 80.9 Å². The Bertz CT molecular complexity index is 2580. The van der Waals surface area contributed by atoms with E-state index in [1.807, 2.05) is 0 Å². The predicted molar refractivity (Wildman–Crippen MR) is 305 cm³/mol. The Morgan fingerprint density at radius 2 is 0.570 bits per heavy atom. The van der Waals surface area contributed by atoms with Gasteiger partial charge in [-0.2, -0.15) is 0 Å². The number of unbranched alkanes of at least 4 members (excludes halogenated alkanes) is 24. The molecular weight excluding hydrogens is 1130 g/mol. The number of aromatic carboxylic acids is 4. The van der Waals surface area contributed by atoms with Gasteiger partial charge in [0.15, 0.2) is 0 Å². The summed E-state index contributed by atoms with van der Waals surface area (Å²) in [5.41, 5.74) is -2.20. The Balaban J connectivity index is 0.00000148. The summed E-state index contributed by atoms with van der Waals surface area (Å²) in [7, 11) is -10.7. The van der Waals surface area contributed by atoms with E-state index in [-0.39, 0.29) is 148 Å². The molecule has 0 aliphatic rings. The van der Waals surface area contributed by atoms with Gasteiger partial charge in [0.05, 0.1) is 33.7 Å². The van der Waals surface area contributed by atoms with Crippen LogP contribution in [-0.4, -0.2) is 163 Å². The van der Waals surface area contributed by atoms with E-state index in [0.717, 1.165) is 141 Å². The topological polar surface area (TPSA) is 275 Å². The molecule has 4 aromatic carbocycles. The Morgan fingerprint density at radius 1 is 0.342 bits per heavy atom. The number of hydrogen-bond acceptors (Lipinski definition) is 14. The molecule has 4 rings (SSSR count). The van der Waals surface area contributed by atoms with Gasteiger partial charge < -0.3 is 48.7 Å². The van der Waals surface area contributed by atoms with E-state index >= 15 is 0 Å². The molecule has 79 heavy (non-hydrogen) atoms. The minimum absolute atomic E-state index is 0. The Morgan fingerprint density at radius 3 is 0.797 bits per heavy atom. The molecule has 424 valence electrons. The molecule has 19 heteroatoms. The number of carbonyl (C=O) groups excluding carboxylic acids is 4. The molecule has 0 radical (unpaired) electrons. The van der Waals surface area contributed by atoms with Gasteiger partial charge in [-0.25, -0.2) is 16.8 Å². The predicted octanol–water partition coefficient (Wildman–Crippen LogP) is 8.97. The third-order valence-electron chi connectivity index (χ3n) is 14.4. The second kappa shape index (κ2) is 41.8. The summed E-state index contributed by atoms with van der Waals surface area (Å²) in [5, 5.41) is 49.2. The van der Waals surface area contributed by atoms with Crippen molar-refractivity contribution in [2.75, 3.05) is 0 Å². The molecule has 14 nitrogen and oxygen atoms in total. The molecule has 0 unspecified atom stereocenters. The van der Waals surface area contributed by atoms with Crippen molar-refractivity contribution in [3.63, 3.8) is 0 Å². The number of rotatable bonds is 38. The number of fused-ring (bicyclic) bond motifs is 2. The van der Waals surface area contributed by atoms with Gasteiger partial charge in [-0.1, -0.05) is 218 Å². The molecular formula is C60H82Ca3O14S2. The first-order valence-corrected chi connectivity index (χ1v) is 31.1. The van der Waals surface area contributed by atoms with Crippen molar-refractivity contribution in [2.45, 2.75) is 243 Å². The summed E-state index contributed by atoms with van der Waals surface area (Å²) in [5.74, 6) is -7.73. The number of carboxylic acids is 4. The number of aryl methyl sites for hydroxylation is 4. The van der Waals surface area contributed by atoms with E-state index in [0.29, 0.717) is 47.6 Å². The first-order chi connectivity index (χ1) is 36.3. The van der Waals surface area contributed by atoms with Crippen molar-refractivity contribution < 1.29 is 65.5 Å². The van der Waals surface area contributed by atoms with Crippen LogP contribution in [-0.2, 0) is 45.9 Å². The third-order valence-corrected chi connectivity index (χ3v) is 16.3. The molecule has 0 amide bonds. The Kier molecular flexibility index (Phi) is 41.2. The minimum Gasteiger partial charge on any atom is -0.744 e. The van der Waals surface area contributed by atoms with E-state index in [1.54, 1.807) is 24.3 Å². The van der Waals surface area contributed by atoms with Gasteiger partial charge in [-0.15, -0.1) is 0 Å². The first kappa shape index (κ1) is 77.9. The largest absolute Gasteiger partial charge is 2.00 e. The second-order valence-electron chi connectivity index (χ2n) is 20.3. The van der Waals surface area contributed by atoms with Gasteiger partial charge in [0.25, 0.3) is 0 Å². The first-order valence-electron chi connectivity index (χ1n) is 28.3. The van der Waals surface area contributed by atoms with E-state index in [9.17, 15) is 65.5 Å². The molecule has 0 heterocycles. The molecule has 0 aromatic heterocycles. The molecule has 0 aliphatic heterocycles. The van der Waals surface area contributed by atoms with Crippen molar-refractivity contribution in [1.29, 1.82) is 0 Å². The molecule has 0 aliphatic carbocycles. The molecule has 4 aromatic rings. The number of hydrogen-bond donors (Lipinski definition) is 0. The summed E-state index contributed by atoms with van der Waals surface area (Å²) in [6, 6.07) is 9.77. The summed E-state index contributed by atoms with van der Waals surface area (Å²) < 4.78 is 74.6. The monoisotopic (exact) mass is 1210 g/mol. The molecule has 0 spiro atoms. The zero-order valence-corrected chi connectivity index (χ0v) is 56.0. The van der Waals surface area contributed by atoms with Crippen molar-refractivity contribution >= 4 is 179 Å². The van der Waals surface area contributed by atoms with Crippen LogP contribution in [0.2, 0.25) is 0 Å². The quantitative estimate of drug-likeness (QED) is 0.0230. The third kappa shape index (κ3) is 25.2. The van der Waals surface area contributed by atoms with Crippen LogP contribution in [0.4, 0.5) is 0 Å². The SMILES string of the molecule is CCCCCCCCCc1cccc2c(C(=O)[O-])c(C(=O)[O-])c(S(=O)(=O)[O-])c(CCCCCCCCC)c12.CCCCCCCCCc1cccc2c(C(=O)[O-])c(C(=O)[O-])c(S(=O)(=O)[O-])c(CCCCCCCCC)c12.[Ca+2].[Ca+2].[Ca+2]. The fourth-order valence-corrected chi connectivity index (χ4v) is 12.6. The second-order valence-corrected chi connectivity index (χ2v) is 23.0. The van der Waals surface area contributed by atoms with Crippen LogP contribution >= 0.6 is 0 Å². The van der Waals surface area contributed by atoms with E-state index < -0.39 is 76.2 Å². The molecule has 0 atom stereocenters. The molecule has 0 N–H and O–H groups in total. The summed E-state index contributed by atoms with van der Waals surface area (Å²) in [4.78, 5) is 46.4.